The van der Waals surface area contributed by atoms with Crippen LogP contribution in [0.3, 0.4) is 0 Å². The zero-order valence-electron chi connectivity index (χ0n) is 8.00. The third kappa shape index (κ3) is 1.51. The van der Waals surface area contributed by atoms with Crippen LogP contribution in [0.2, 0.25) is 0 Å². The van der Waals surface area contributed by atoms with Gasteiger partial charge in [0.25, 0.3) is 0 Å². The van der Waals surface area contributed by atoms with Crippen LogP contribution >= 0.6 is 15.9 Å². The van der Waals surface area contributed by atoms with Crippen LogP contribution in [-0.2, 0) is 0 Å². The Kier molecular flexibility index (Phi) is 2.47. The third-order valence-electron chi connectivity index (χ3n) is 2.69. The fourth-order valence-electron chi connectivity index (χ4n) is 1.88. The first-order valence-electron chi connectivity index (χ1n) is 4.62. The first-order chi connectivity index (χ1) is 6.72. The fourth-order valence-corrected chi connectivity index (χ4v) is 2.26. The van der Waals surface area contributed by atoms with Crippen molar-refractivity contribution >= 4 is 21.6 Å². The second kappa shape index (κ2) is 3.62. The summed E-state index contributed by atoms with van der Waals surface area (Å²) in [6.07, 6.45) is 0.927. The number of rotatable bonds is 0. The molecule has 1 aromatic rings. The molecule has 2 rings (SSSR count). The van der Waals surface area contributed by atoms with Crippen molar-refractivity contribution in [3.63, 3.8) is 0 Å². The highest BCUT2D eigenvalue weighted by Crippen LogP contribution is 2.35. The molecule has 0 saturated carbocycles. The molecule has 2 nitrogen and oxygen atoms in total. The minimum absolute atomic E-state index is 0.0544. The zero-order chi connectivity index (χ0) is 10.1. The molecule has 0 bridgehead atoms. The Hall–Kier alpha value is -1.01. The van der Waals surface area contributed by atoms with Gasteiger partial charge in [0, 0.05) is 23.8 Å². The summed E-state index contributed by atoms with van der Waals surface area (Å²) < 4.78 is 1.05. The van der Waals surface area contributed by atoms with Crippen LogP contribution in [0.15, 0.2) is 22.7 Å². The van der Waals surface area contributed by atoms with Crippen molar-refractivity contribution in [3.05, 3.63) is 28.2 Å². The highest BCUT2D eigenvalue weighted by molar-refractivity contribution is 9.10. The summed E-state index contributed by atoms with van der Waals surface area (Å²) in [5, 5.41) is 9.03. The lowest BCUT2D eigenvalue weighted by Gasteiger charge is -2.30. The lowest BCUT2D eigenvalue weighted by molar-refractivity contribution is 0.689. The molecule has 0 aromatic heterocycles. The van der Waals surface area contributed by atoms with Gasteiger partial charge in [-0.2, -0.15) is 5.26 Å². The monoisotopic (exact) mass is 250 g/mol. The average molecular weight is 251 g/mol. The van der Waals surface area contributed by atoms with Gasteiger partial charge in [0.2, 0.25) is 0 Å². The summed E-state index contributed by atoms with van der Waals surface area (Å²) >= 11 is 3.44. The maximum absolute atomic E-state index is 9.03. The van der Waals surface area contributed by atoms with Crippen LogP contribution in [0.4, 0.5) is 5.69 Å². The maximum atomic E-state index is 9.03. The number of hydrogen-bond acceptors (Lipinski definition) is 2. The van der Waals surface area contributed by atoms with E-state index in [-0.39, 0.29) is 5.92 Å². The Bertz CT molecular complexity index is 395. The SMILES string of the molecule is CN1CCC(C#N)c2cc(Br)ccc21. The standard InChI is InChI=1S/C11H11BrN2/c1-14-5-4-8(7-13)10-6-9(12)2-3-11(10)14/h2-3,6,8H,4-5H2,1H3. The lowest BCUT2D eigenvalue weighted by atomic mass is 9.91. The van der Waals surface area contributed by atoms with Gasteiger partial charge in [-0.1, -0.05) is 15.9 Å². The highest BCUT2D eigenvalue weighted by atomic mass is 79.9. The Morgan fingerprint density at radius 3 is 3.07 bits per heavy atom. The van der Waals surface area contributed by atoms with Crippen molar-refractivity contribution in [2.24, 2.45) is 0 Å². The highest BCUT2D eigenvalue weighted by Gasteiger charge is 2.22. The molecule has 1 heterocycles. The molecule has 0 amide bonds. The van der Waals surface area contributed by atoms with Gasteiger partial charge in [-0.3, -0.25) is 0 Å². The molecule has 0 N–H and O–H groups in total. The molecule has 14 heavy (non-hydrogen) atoms. The molecule has 1 aromatic carbocycles. The van der Waals surface area contributed by atoms with Gasteiger partial charge in [-0.25, -0.2) is 0 Å². The Morgan fingerprint density at radius 2 is 2.36 bits per heavy atom. The second-order valence-corrected chi connectivity index (χ2v) is 4.51. The van der Waals surface area contributed by atoms with Crippen molar-refractivity contribution in [1.29, 1.82) is 5.26 Å². The van der Waals surface area contributed by atoms with Gasteiger partial charge >= 0.3 is 0 Å². The Morgan fingerprint density at radius 1 is 1.57 bits per heavy atom. The van der Waals surface area contributed by atoms with Crippen LogP contribution in [0, 0.1) is 11.3 Å². The average Bonchev–Trinajstić information content (AvgIpc) is 2.18. The van der Waals surface area contributed by atoms with E-state index in [4.69, 9.17) is 5.26 Å². The molecular formula is C11H11BrN2. The molecule has 0 spiro atoms. The molecule has 0 radical (unpaired) electrons. The van der Waals surface area contributed by atoms with Crippen LogP contribution in [0.25, 0.3) is 0 Å². The van der Waals surface area contributed by atoms with E-state index >= 15 is 0 Å². The quantitative estimate of drug-likeness (QED) is 0.708. The summed E-state index contributed by atoms with van der Waals surface area (Å²) in [7, 11) is 2.07. The largest absolute Gasteiger partial charge is 0.374 e. The van der Waals surface area contributed by atoms with Crippen molar-refractivity contribution in [3.8, 4) is 6.07 Å². The van der Waals surface area contributed by atoms with Crippen molar-refractivity contribution in [1.82, 2.24) is 0 Å². The number of hydrogen-bond donors (Lipinski definition) is 0. The molecule has 1 unspecified atom stereocenters. The maximum Gasteiger partial charge on any atom is 0.0750 e. The van der Waals surface area contributed by atoms with Gasteiger partial charge in [-0.15, -0.1) is 0 Å². The van der Waals surface area contributed by atoms with E-state index in [9.17, 15) is 0 Å². The predicted octanol–water partition coefficient (Wildman–Crippen LogP) is 2.90. The molecule has 1 atom stereocenters. The normalized spacial score (nSPS) is 20.1. The number of fused-ring (bicyclic) bond motifs is 1. The number of benzene rings is 1. The fraction of sp³-hybridized carbons (Fsp3) is 0.364. The predicted molar refractivity (Wildman–Crippen MR) is 60.4 cm³/mol. The second-order valence-electron chi connectivity index (χ2n) is 3.60. The van der Waals surface area contributed by atoms with Crippen molar-refractivity contribution < 1.29 is 0 Å². The van der Waals surface area contributed by atoms with E-state index in [1.54, 1.807) is 0 Å². The molecule has 1 aliphatic rings. The van der Waals surface area contributed by atoms with Crippen LogP contribution in [0.1, 0.15) is 17.9 Å². The van der Waals surface area contributed by atoms with E-state index in [0.29, 0.717) is 0 Å². The van der Waals surface area contributed by atoms with Gasteiger partial charge in [0.05, 0.1) is 12.0 Å². The summed E-state index contributed by atoms with van der Waals surface area (Å²) in [5.41, 5.74) is 2.33. The minimum Gasteiger partial charge on any atom is -0.374 e. The number of nitrogens with zero attached hydrogens (tertiary/aromatic N) is 2. The summed E-state index contributed by atoms with van der Waals surface area (Å²) in [4.78, 5) is 2.20. The van der Waals surface area contributed by atoms with Crippen LogP contribution in [0.5, 0.6) is 0 Å². The first-order valence-corrected chi connectivity index (χ1v) is 5.42. The van der Waals surface area contributed by atoms with Gasteiger partial charge in [0.1, 0.15) is 0 Å². The topological polar surface area (TPSA) is 27.0 Å². The molecule has 72 valence electrons. The summed E-state index contributed by atoms with van der Waals surface area (Å²) in [6.45, 7) is 0.965. The van der Waals surface area contributed by atoms with Gasteiger partial charge < -0.3 is 4.90 Å². The molecule has 3 heteroatoms. The zero-order valence-corrected chi connectivity index (χ0v) is 9.58. The van der Waals surface area contributed by atoms with Crippen LogP contribution < -0.4 is 4.90 Å². The summed E-state index contributed by atoms with van der Waals surface area (Å²) in [5.74, 6) is 0.0544. The number of halogens is 1. The number of nitriles is 1. The van der Waals surface area contributed by atoms with Crippen molar-refractivity contribution in [2.75, 3.05) is 18.5 Å². The number of anilines is 1. The Balaban J connectivity index is 2.53. The smallest absolute Gasteiger partial charge is 0.0750 e. The molecule has 0 saturated heterocycles. The van der Waals surface area contributed by atoms with Crippen LogP contribution in [-0.4, -0.2) is 13.6 Å². The lowest BCUT2D eigenvalue weighted by Crippen LogP contribution is -2.26. The Labute approximate surface area is 92.3 Å². The van der Waals surface area contributed by atoms with Gasteiger partial charge in [-0.05, 0) is 30.2 Å². The first kappa shape index (κ1) is 9.54. The van der Waals surface area contributed by atoms with E-state index in [1.165, 1.54) is 5.69 Å². The molecule has 0 fully saturated rings. The van der Waals surface area contributed by atoms with E-state index in [0.717, 1.165) is 23.0 Å². The van der Waals surface area contributed by atoms with E-state index in [1.807, 2.05) is 6.07 Å². The van der Waals surface area contributed by atoms with E-state index in [2.05, 4.69) is 46.1 Å². The molecule has 0 aliphatic carbocycles. The molecular weight excluding hydrogens is 240 g/mol. The molecule has 1 aliphatic heterocycles. The third-order valence-corrected chi connectivity index (χ3v) is 3.18. The minimum atomic E-state index is 0.0544. The van der Waals surface area contributed by atoms with Gasteiger partial charge in [0.15, 0.2) is 0 Å². The van der Waals surface area contributed by atoms with E-state index < -0.39 is 0 Å². The summed E-state index contributed by atoms with van der Waals surface area (Å²) in [6, 6.07) is 8.51. The van der Waals surface area contributed by atoms with Crippen molar-refractivity contribution in [2.45, 2.75) is 12.3 Å².